The summed E-state index contributed by atoms with van der Waals surface area (Å²) >= 11 is 0. The third kappa shape index (κ3) is 15.8. The van der Waals surface area contributed by atoms with Crippen LogP contribution in [0.25, 0.3) is 0 Å². The van der Waals surface area contributed by atoms with Crippen molar-refractivity contribution in [3.63, 3.8) is 0 Å². The maximum atomic E-state index is 3.77. The lowest BCUT2D eigenvalue weighted by molar-refractivity contribution is 0.468. The Hall–Kier alpha value is -0.260. The summed E-state index contributed by atoms with van der Waals surface area (Å²) in [5.41, 5.74) is 0. The van der Waals surface area contributed by atoms with Gasteiger partial charge in [-0.3, -0.25) is 0 Å². The molecule has 0 saturated heterocycles. The molecule has 0 rings (SSSR count). The van der Waals surface area contributed by atoms with Gasteiger partial charge in [-0.2, -0.15) is 0 Å². The van der Waals surface area contributed by atoms with Crippen LogP contribution >= 0.6 is 0 Å². The zero-order valence-corrected chi connectivity index (χ0v) is 14.5. The average Bonchev–Trinajstić information content (AvgIpc) is 2.47. The Kier molecular flexibility index (Phi) is 16.6. The normalized spacial score (nSPS) is 12.5. The van der Waals surface area contributed by atoms with Crippen molar-refractivity contribution in [3.8, 4) is 0 Å². The molecule has 0 bridgehead atoms. The third-order valence-corrected chi connectivity index (χ3v) is 4.55. The smallest absolute Gasteiger partial charge is 0.0353 e. The van der Waals surface area contributed by atoms with Crippen molar-refractivity contribution in [1.29, 1.82) is 0 Å². The maximum Gasteiger partial charge on any atom is -0.0353 e. The Bertz CT molecular complexity index is 182. The molecule has 0 saturated carbocycles. The van der Waals surface area contributed by atoms with E-state index in [1.807, 2.05) is 6.08 Å². The lowest BCUT2D eigenvalue weighted by atomic mass is 9.99. The summed E-state index contributed by atoms with van der Waals surface area (Å²) in [6, 6.07) is 0. The predicted molar refractivity (Wildman–Crippen MR) is 94.3 cm³/mol. The van der Waals surface area contributed by atoms with Gasteiger partial charge in [-0.25, -0.2) is 0 Å². The Labute approximate surface area is 129 Å². The van der Waals surface area contributed by atoms with Crippen LogP contribution in [0.1, 0.15) is 110 Å². The predicted octanol–water partition coefficient (Wildman–Crippen LogP) is 7.68. The van der Waals surface area contributed by atoms with Crippen molar-refractivity contribution in [2.45, 2.75) is 110 Å². The van der Waals surface area contributed by atoms with Crippen LogP contribution in [0.3, 0.4) is 0 Å². The van der Waals surface area contributed by atoms with Crippen LogP contribution in [0, 0.1) is 5.92 Å². The molecule has 0 aromatic carbocycles. The van der Waals surface area contributed by atoms with Crippen molar-refractivity contribution >= 4 is 0 Å². The van der Waals surface area contributed by atoms with E-state index in [-0.39, 0.29) is 0 Å². The van der Waals surface area contributed by atoms with E-state index in [0.29, 0.717) is 0 Å². The minimum atomic E-state index is 0.946. The molecule has 0 aliphatic rings. The van der Waals surface area contributed by atoms with Crippen LogP contribution in [0.4, 0.5) is 0 Å². The van der Waals surface area contributed by atoms with Crippen LogP contribution in [-0.4, -0.2) is 0 Å². The highest BCUT2D eigenvalue weighted by Crippen LogP contribution is 2.15. The standard InChI is InChI=1S/C20H40/c1-4-6-7-8-9-10-11-12-13-14-15-16-17-18-19-20(3)5-2/h4,20H,1,5-19H2,2-3H3. The summed E-state index contributed by atoms with van der Waals surface area (Å²) in [7, 11) is 0. The van der Waals surface area contributed by atoms with Gasteiger partial charge in [0.25, 0.3) is 0 Å². The number of hydrogen-bond donors (Lipinski definition) is 0. The Morgan fingerprint density at radius 2 is 1.10 bits per heavy atom. The van der Waals surface area contributed by atoms with E-state index < -0.39 is 0 Å². The summed E-state index contributed by atoms with van der Waals surface area (Å²) in [5.74, 6) is 0.946. The lowest BCUT2D eigenvalue weighted by Crippen LogP contribution is -1.91. The lowest BCUT2D eigenvalue weighted by Gasteiger charge is -2.07. The summed E-state index contributed by atoms with van der Waals surface area (Å²) in [4.78, 5) is 0. The van der Waals surface area contributed by atoms with E-state index in [0.717, 1.165) is 5.92 Å². The first-order chi connectivity index (χ1) is 9.81. The zero-order valence-electron chi connectivity index (χ0n) is 14.5. The highest BCUT2D eigenvalue weighted by atomic mass is 14.0. The van der Waals surface area contributed by atoms with Gasteiger partial charge in [-0.15, -0.1) is 6.58 Å². The topological polar surface area (TPSA) is 0 Å². The first-order valence-corrected chi connectivity index (χ1v) is 9.42. The van der Waals surface area contributed by atoms with Gasteiger partial charge in [0.1, 0.15) is 0 Å². The molecule has 0 heteroatoms. The molecule has 0 radical (unpaired) electrons. The van der Waals surface area contributed by atoms with Gasteiger partial charge in [0.05, 0.1) is 0 Å². The van der Waals surface area contributed by atoms with Gasteiger partial charge in [0, 0.05) is 0 Å². The van der Waals surface area contributed by atoms with Crippen LogP contribution in [0.15, 0.2) is 12.7 Å². The van der Waals surface area contributed by atoms with Crippen LogP contribution in [0.5, 0.6) is 0 Å². The minimum absolute atomic E-state index is 0.946. The molecule has 0 nitrogen and oxygen atoms in total. The molecule has 0 fully saturated rings. The minimum Gasteiger partial charge on any atom is -0.103 e. The van der Waals surface area contributed by atoms with Crippen LogP contribution in [-0.2, 0) is 0 Å². The van der Waals surface area contributed by atoms with E-state index in [2.05, 4.69) is 20.4 Å². The van der Waals surface area contributed by atoms with Gasteiger partial charge >= 0.3 is 0 Å². The molecule has 0 aliphatic carbocycles. The van der Waals surface area contributed by atoms with Gasteiger partial charge in [-0.05, 0) is 18.8 Å². The highest BCUT2D eigenvalue weighted by molar-refractivity contribution is 4.65. The van der Waals surface area contributed by atoms with Crippen molar-refractivity contribution in [2.75, 3.05) is 0 Å². The third-order valence-electron chi connectivity index (χ3n) is 4.55. The van der Waals surface area contributed by atoms with E-state index in [1.165, 1.54) is 96.3 Å². The molecule has 0 N–H and O–H groups in total. The molecule has 0 heterocycles. The SMILES string of the molecule is C=CCCCCCCCCCCCCCCC(C)CC. The average molecular weight is 281 g/mol. The fourth-order valence-electron chi connectivity index (χ4n) is 2.75. The monoisotopic (exact) mass is 280 g/mol. The van der Waals surface area contributed by atoms with Crippen LogP contribution in [0.2, 0.25) is 0 Å². The number of allylic oxidation sites excluding steroid dienone is 1. The first-order valence-electron chi connectivity index (χ1n) is 9.42. The van der Waals surface area contributed by atoms with E-state index in [9.17, 15) is 0 Å². The van der Waals surface area contributed by atoms with E-state index in [1.54, 1.807) is 0 Å². The molecular formula is C20H40. The Morgan fingerprint density at radius 1 is 0.700 bits per heavy atom. The highest BCUT2D eigenvalue weighted by Gasteiger charge is 1.98. The molecule has 120 valence electrons. The quantitative estimate of drug-likeness (QED) is 0.201. The Morgan fingerprint density at radius 3 is 1.50 bits per heavy atom. The van der Waals surface area contributed by atoms with Crippen molar-refractivity contribution in [1.82, 2.24) is 0 Å². The molecular weight excluding hydrogens is 240 g/mol. The molecule has 0 aromatic heterocycles. The fourth-order valence-corrected chi connectivity index (χ4v) is 2.75. The summed E-state index contributed by atoms with van der Waals surface area (Å²) in [5, 5.41) is 0. The van der Waals surface area contributed by atoms with Crippen molar-refractivity contribution in [2.24, 2.45) is 5.92 Å². The second kappa shape index (κ2) is 16.8. The van der Waals surface area contributed by atoms with Crippen molar-refractivity contribution in [3.05, 3.63) is 12.7 Å². The van der Waals surface area contributed by atoms with Crippen LogP contribution < -0.4 is 0 Å². The van der Waals surface area contributed by atoms with Gasteiger partial charge < -0.3 is 0 Å². The van der Waals surface area contributed by atoms with E-state index >= 15 is 0 Å². The number of rotatable bonds is 16. The first kappa shape index (κ1) is 19.7. The molecule has 0 spiro atoms. The van der Waals surface area contributed by atoms with E-state index in [4.69, 9.17) is 0 Å². The summed E-state index contributed by atoms with van der Waals surface area (Å²) < 4.78 is 0. The fraction of sp³-hybridized carbons (Fsp3) is 0.900. The number of unbranched alkanes of at least 4 members (excludes halogenated alkanes) is 12. The largest absolute Gasteiger partial charge is 0.103 e. The molecule has 20 heavy (non-hydrogen) atoms. The molecule has 0 aromatic rings. The van der Waals surface area contributed by atoms with Gasteiger partial charge in [-0.1, -0.05) is 103 Å². The maximum absolute atomic E-state index is 3.77. The molecule has 1 atom stereocenters. The summed E-state index contributed by atoms with van der Waals surface area (Å²) in [6.45, 7) is 8.46. The van der Waals surface area contributed by atoms with Crippen molar-refractivity contribution < 1.29 is 0 Å². The number of hydrogen-bond acceptors (Lipinski definition) is 0. The second-order valence-corrected chi connectivity index (χ2v) is 6.62. The van der Waals surface area contributed by atoms with Gasteiger partial charge in [0.2, 0.25) is 0 Å². The van der Waals surface area contributed by atoms with Gasteiger partial charge in [0.15, 0.2) is 0 Å². The molecule has 1 unspecified atom stereocenters. The molecule has 0 aliphatic heterocycles. The zero-order chi connectivity index (χ0) is 14.9. The second-order valence-electron chi connectivity index (χ2n) is 6.62. The Balaban J connectivity index is 2.97. The molecule has 0 amide bonds. The summed E-state index contributed by atoms with van der Waals surface area (Å²) in [6.07, 6.45) is 23.4.